The van der Waals surface area contributed by atoms with Gasteiger partial charge in [0.05, 0.1) is 6.61 Å². The Hall–Kier alpha value is -4.28. The number of carboxylic acids is 2. The van der Waals surface area contributed by atoms with Gasteiger partial charge in [0.2, 0.25) is 19.8 Å². The summed E-state index contributed by atoms with van der Waals surface area (Å²) < 4.78 is 29.3. The van der Waals surface area contributed by atoms with E-state index >= 15 is 0 Å². The molecule has 0 saturated carbocycles. The van der Waals surface area contributed by atoms with Crippen LogP contribution >= 0.6 is 0 Å². The van der Waals surface area contributed by atoms with Crippen LogP contribution in [0.5, 0.6) is 5.75 Å². The quantitative estimate of drug-likeness (QED) is 0.116. The lowest BCUT2D eigenvalue weighted by Gasteiger charge is -2.42. The van der Waals surface area contributed by atoms with Gasteiger partial charge < -0.3 is 32.6 Å². The maximum Gasteiger partial charge on any atom is 0.371 e. The van der Waals surface area contributed by atoms with Gasteiger partial charge in [0, 0.05) is 39.8 Å². The molecule has 3 heterocycles. The maximum absolute atomic E-state index is 11.2. The molecule has 264 valence electrons. The lowest BCUT2D eigenvalue weighted by molar-refractivity contribution is 0.0650. The molecule has 0 radical (unpaired) electrons. The van der Waals surface area contributed by atoms with Crippen LogP contribution in [0.1, 0.15) is 125 Å². The molecular formula is C39H50O9Si. The lowest BCUT2D eigenvalue weighted by atomic mass is 10.1. The van der Waals surface area contributed by atoms with Crippen molar-refractivity contribution in [3.63, 3.8) is 0 Å². The summed E-state index contributed by atoms with van der Waals surface area (Å²) in [6, 6.07) is 16.7. The topological polar surface area (TPSA) is 132 Å². The van der Waals surface area contributed by atoms with Crippen LogP contribution < -0.4 is 4.74 Å². The summed E-state index contributed by atoms with van der Waals surface area (Å²) in [6.07, 6.45) is 0. The zero-order valence-corrected chi connectivity index (χ0v) is 31.2. The number of carboxylic acid groups (broad SMARTS) is 2. The minimum absolute atomic E-state index is 0.00166. The second-order valence-corrected chi connectivity index (χ2v) is 19.5. The van der Waals surface area contributed by atoms with E-state index in [1.807, 2.05) is 70.2 Å². The van der Waals surface area contributed by atoms with E-state index in [1.165, 1.54) is 6.07 Å². The molecule has 49 heavy (non-hydrogen) atoms. The van der Waals surface area contributed by atoms with E-state index < -0.39 is 20.3 Å². The molecule has 2 aromatic carbocycles. The molecule has 0 bridgehead atoms. The predicted molar refractivity (Wildman–Crippen MR) is 193 cm³/mol. The molecular weight excluding hydrogens is 641 g/mol. The van der Waals surface area contributed by atoms with Crippen LogP contribution in [-0.2, 0) is 17.6 Å². The molecule has 10 heteroatoms. The summed E-state index contributed by atoms with van der Waals surface area (Å²) in [5.41, 5.74) is 4.69. The van der Waals surface area contributed by atoms with Gasteiger partial charge >= 0.3 is 11.9 Å². The molecule has 9 nitrogen and oxygen atoms in total. The Labute approximate surface area is 289 Å². The van der Waals surface area contributed by atoms with Crippen LogP contribution in [-0.4, -0.2) is 30.5 Å². The number of aromatic carboxylic acids is 2. The number of rotatable bonds is 13. The summed E-state index contributed by atoms with van der Waals surface area (Å²) in [6.45, 7) is 22.0. The molecule has 0 atom stereocenters. The van der Waals surface area contributed by atoms with E-state index in [4.69, 9.17) is 27.5 Å². The van der Waals surface area contributed by atoms with Gasteiger partial charge in [-0.2, -0.15) is 0 Å². The molecule has 0 aliphatic rings. The van der Waals surface area contributed by atoms with Gasteiger partial charge in [-0.1, -0.05) is 87.4 Å². The fourth-order valence-electron chi connectivity index (χ4n) is 6.96. The molecule has 3 aromatic heterocycles. The van der Waals surface area contributed by atoms with E-state index in [9.17, 15) is 14.7 Å². The maximum atomic E-state index is 11.2. The smallest absolute Gasteiger partial charge is 0.371 e. The average Bonchev–Trinajstić information content (AvgIpc) is 3.75. The van der Waals surface area contributed by atoms with Crippen LogP contribution in [0.2, 0.25) is 16.6 Å². The second-order valence-electron chi connectivity index (χ2n) is 14.1. The van der Waals surface area contributed by atoms with Gasteiger partial charge in [0.25, 0.3) is 0 Å². The highest BCUT2D eigenvalue weighted by molar-refractivity contribution is 6.77. The van der Waals surface area contributed by atoms with Gasteiger partial charge in [-0.3, -0.25) is 0 Å². The number of carbonyl (C=O) groups is 2. The van der Waals surface area contributed by atoms with E-state index in [0.717, 1.165) is 38.8 Å². The molecule has 0 amide bonds. The summed E-state index contributed by atoms with van der Waals surface area (Å²) in [5, 5.41) is 20.4. The molecule has 0 aliphatic heterocycles. The number of hydrogen-bond donors (Lipinski definition) is 2. The Morgan fingerprint density at radius 3 is 1.61 bits per heavy atom. The summed E-state index contributed by atoms with van der Waals surface area (Å²) in [7, 11) is -1.98. The fourth-order valence-corrected chi connectivity index (χ4v) is 12.4. The van der Waals surface area contributed by atoms with Crippen molar-refractivity contribution in [2.45, 2.75) is 111 Å². The fraction of sp³-hybridized carbons (Fsp3) is 0.436. The van der Waals surface area contributed by atoms with Crippen molar-refractivity contribution in [1.29, 1.82) is 0 Å². The molecule has 0 aliphatic carbocycles. The first-order valence-electron chi connectivity index (χ1n) is 17.0. The number of para-hydroxylation sites is 1. The van der Waals surface area contributed by atoms with Gasteiger partial charge in [0.15, 0.2) is 0 Å². The van der Waals surface area contributed by atoms with Crippen molar-refractivity contribution in [1.82, 2.24) is 0 Å². The number of furan rings is 3. The number of fused-ring (bicyclic) bond motifs is 3. The monoisotopic (exact) mass is 690 g/mol. The molecule has 0 saturated heterocycles. The standard InChI is InChI=1S/C21H18O5.C18H32O4Si/c1-12(2)20-13(9-19(26-20)21(22)23)11-24-14-7-8-16-15-5-3-4-6-17(15)25-18(16)10-14;1-11(2)17-15(9-16(22-17)18(19)20)10-21-23(12(3)4,13(5)6)14(7)8/h3-10,12H,11H2,1-2H3,(H,22,23);9,11-14H,10H2,1-8H3,(H,19,20). The Balaban J connectivity index is 0.000000223. The van der Waals surface area contributed by atoms with Crippen LogP contribution in [0.4, 0.5) is 0 Å². The first kappa shape index (κ1) is 37.5. The molecule has 2 N–H and O–H groups in total. The van der Waals surface area contributed by atoms with Crippen molar-refractivity contribution in [3.8, 4) is 5.75 Å². The minimum atomic E-state index is -1.98. The van der Waals surface area contributed by atoms with Crippen molar-refractivity contribution in [2.75, 3.05) is 0 Å². The normalized spacial score (nSPS) is 12.1. The first-order chi connectivity index (χ1) is 23.1. The third-order valence-corrected chi connectivity index (χ3v) is 15.1. The van der Waals surface area contributed by atoms with E-state index in [0.29, 0.717) is 34.7 Å². The molecule has 0 unspecified atom stereocenters. The molecule has 0 spiro atoms. The van der Waals surface area contributed by atoms with E-state index in [2.05, 4.69) is 41.5 Å². The largest absolute Gasteiger partial charge is 0.489 e. The number of benzene rings is 2. The van der Waals surface area contributed by atoms with Gasteiger partial charge in [-0.15, -0.1) is 0 Å². The Morgan fingerprint density at radius 1 is 0.633 bits per heavy atom. The lowest BCUT2D eigenvalue weighted by Crippen LogP contribution is -2.47. The zero-order valence-electron chi connectivity index (χ0n) is 30.2. The van der Waals surface area contributed by atoms with Crippen LogP contribution in [0.3, 0.4) is 0 Å². The molecule has 5 aromatic rings. The third kappa shape index (κ3) is 8.13. The van der Waals surface area contributed by atoms with Crippen molar-refractivity contribution in [2.24, 2.45) is 0 Å². The summed E-state index contributed by atoms with van der Waals surface area (Å²) >= 11 is 0. The van der Waals surface area contributed by atoms with E-state index in [-0.39, 0.29) is 30.0 Å². The zero-order chi connectivity index (χ0) is 36.2. The van der Waals surface area contributed by atoms with Crippen molar-refractivity contribution in [3.05, 3.63) is 88.8 Å². The first-order valence-corrected chi connectivity index (χ1v) is 19.1. The minimum Gasteiger partial charge on any atom is -0.489 e. The third-order valence-electron chi connectivity index (χ3n) is 9.08. The summed E-state index contributed by atoms with van der Waals surface area (Å²) in [4.78, 5) is 22.3. The van der Waals surface area contributed by atoms with Crippen LogP contribution in [0.15, 0.2) is 67.8 Å². The second kappa shape index (κ2) is 15.5. The molecule has 5 rings (SSSR count). The van der Waals surface area contributed by atoms with E-state index in [1.54, 1.807) is 6.07 Å². The highest BCUT2D eigenvalue weighted by Gasteiger charge is 2.45. The van der Waals surface area contributed by atoms with Crippen molar-refractivity contribution >= 4 is 42.2 Å². The van der Waals surface area contributed by atoms with Crippen LogP contribution in [0.25, 0.3) is 21.9 Å². The predicted octanol–water partition coefficient (Wildman–Crippen LogP) is 11.4. The molecule has 0 fully saturated rings. The highest BCUT2D eigenvalue weighted by Crippen LogP contribution is 2.43. The number of ether oxygens (including phenoxy) is 1. The Kier molecular flexibility index (Phi) is 11.9. The Bertz CT molecular complexity index is 1870. The Morgan fingerprint density at radius 2 is 1.12 bits per heavy atom. The van der Waals surface area contributed by atoms with Gasteiger partial charge in [-0.05, 0) is 47.0 Å². The highest BCUT2D eigenvalue weighted by atomic mass is 28.4. The SMILES string of the molecule is CC(C)c1oc(C(=O)O)cc1CO[Si](C(C)C)(C(C)C)C(C)C.CC(C)c1oc(C(=O)O)cc1COc1ccc2c(c1)oc1ccccc12. The van der Waals surface area contributed by atoms with Crippen LogP contribution in [0, 0.1) is 0 Å². The number of hydrogen-bond acceptors (Lipinski definition) is 7. The van der Waals surface area contributed by atoms with Crippen molar-refractivity contribution < 1.29 is 42.2 Å². The van der Waals surface area contributed by atoms with Gasteiger partial charge in [0.1, 0.15) is 35.0 Å². The average molecular weight is 691 g/mol. The summed E-state index contributed by atoms with van der Waals surface area (Å²) in [5.74, 6) is 0.0333. The van der Waals surface area contributed by atoms with Gasteiger partial charge in [-0.25, -0.2) is 9.59 Å².